The van der Waals surface area contributed by atoms with E-state index in [0.29, 0.717) is 0 Å². The molecule has 0 bridgehead atoms. The summed E-state index contributed by atoms with van der Waals surface area (Å²) in [5, 5.41) is 0. The zero-order valence-electron chi connectivity index (χ0n) is 9.62. The Morgan fingerprint density at radius 3 is 2.35 bits per heavy atom. The second kappa shape index (κ2) is 5.85. The fraction of sp³-hybridized carbons (Fsp3) is 0.133. The van der Waals surface area contributed by atoms with Crippen molar-refractivity contribution in [2.45, 2.75) is 13.0 Å². The van der Waals surface area contributed by atoms with Crippen molar-refractivity contribution >= 4 is 0 Å². The number of benzene rings is 1. The number of hydrogen-bond donors (Lipinski definition) is 0. The first-order chi connectivity index (χ1) is 8.34. The molecule has 0 unspecified atom stereocenters. The minimum absolute atomic E-state index is 0.0505. The van der Waals surface area contributed by atoms with Crippen molar-refractivity contribution in [2.75, 3.05) is 0 Å². The van der Waals surface area contributed by atoms with Crippen molar-refractivity contribution in [3.8, 4) is 0 Å². The molecule has 2 aromatic rings. The molecular weight excluding hydrogens is 210 g/mol. The maximum Gasteiger partial charge on any atom is 0.181 e. The largest absolute Gasteiger partial charge is 0.350 e. The zero-order valence-corrected chi connectivity index (χ0v) is 9.62. The third-order valence-electron chi connectivity index (χ3n) is 2.54. The highest BCUT2D eigenvalue weighted by atomic mass is 16.1. The molecule has 1 aromatic heterocycles. The van der Waals surface area contributed by atoms with Crippen molar-refractivity contribution in [2.24, 2.45) is 0 Å². The van der Waals surface area contributed by atoms with Crippen molar-refractivity contribution in [3.63, 3.8) is 0 Å². The second-order valence-electron chi connectivity index (χ2n) is 3.89. The Morgan fingerprint density at radius 1 is 0.941 bits per heavy atom. The number of aromatic nitrogens is 1. The Balaban J connectivity index is 1.86. The lowest BCUT2D eigenvalue weighted by atomic mass is 10.1. The first-order valence-corrected chi connectivity index (χ1v) is 5.69. The Kier molecular flexibility index (Phi) is 3.92. The fourth-order valence-electron chi connectivity index (χ4n) is 1.60. The maximum absolute atomic E-state index is 10.9. The van der Waals surface area contributed by atoms with Gasteiger partial charge in [0.15, 0.2) is 5.43 Å². The molecule has 0 amide bonds. The summed E-state index contributed by atoms with van der Waals surface area (Å²) in [6.07, 6.45) is 8.80. The monoisotopic (exact) mass is 225 g/mol. The molecule has 0 atom stereocenters. The van der Waals surface area contributed by atoms with Crippen molar-refractivity contribution in [1.82, 2.24) is 4.57 Å². The van der Waals surface area contributed by atoms with Crippen LogP contribution in [-0.4, -0.2) is 4.57 Å². The van der Waals surface area contributed by atoms with Crippen LogP contribution in [0.2, 0.25) is 0 Å². The van der Waals surface area contributed by atoms with Gasteiger partial charge in [0.1, 0.15) is 0 Å². The van der Waals surface area contributed by atoms with Crippen LogP contribution < -0.4 is 5.43 Å². The average Bonchev–Trinajstić information content (AvgIpc) is 2.38. The van der Waals surface area contributed by atoms with E-state index >= 15 is 0 Å². The van der Waals surface area contributed by atoms with Gasteiger partial charge >= 0.3 is 0 Å². The van der Waals surface area contributed by atoms with Crippen LogP contribution in [0, 0.1) is 0 Å². The molecule has 2 heteroatoms. The van der Waals surface area contributed by atoms with Gasteiger partial charge in [-0.05, 0) is 12.0 Å². The summed E-state index contributed by atoms with van der Waals surface area (Å²) >= 11 is 0. The molecule has 86 valence electrons. The van der Waals surface area contributed by atoms with Crippen LogP contribution in [-0.2, 0) is 13.0 Å². The average molecular weight is 225 g/mol. The normalized spacial score (nSPS) is 10.8. The molecule has 0 aliphatic rings. The van der Waals surface area contributed by atoms with Gasteiger partial charge in [-0.15, -0.1) is 0 Å². The van der Waals surface area contributed by atoms with Gasteiger partial charge in [0.25, 0.3) is 0 Å². The van der Waals surface area contributed by atoms with Gasteiger partial charge in [0, 0.05) is 31.1 Å². The molecule has 1 heterocycles. The number of rotatable bonds is 4. The summed E-state index contributed by atoms with van der Waals surface area (Å²) in [4.78, 5) is 10.9. The van der Waals surface area contributed by atoms with E-state index in [2.05, 4.69) is 24.3 Å². The molecule has 17 heavy (non-hydrogen) atoms. The summed E-state index contributed by atoms with van der Waals surface area (Å²) < 4.78 is 1.98. The second-order valence-corrected chi connectivity index (χ2v) is 3.89. The van der Waals surface area contributed by atoms with Gasteiger partial charge in [0.05, 0.1) is 0 Å². The minimum Gasteiger partial charge on any atom is -0.350 e. The number of hydrogen-bond acceptors (Lipinski definition) is 1. The van der Waals surface area contributed by atoms with Gasteiger partial charge in [-0.25, -0.2) is 0 Å². The summed E-state index contributed by atoms with van der Waals surface area (Å²) in [5.41, 5.74) is 1.36. The molecule has 1 aromatic carbocycles. The Morgan fingerprint density at radius 2 is 1.65 bits per heavy atom. The number of pyridine rings is 1. The van der Waals surface area contributed by atoms with Crippen LogP contribution >= 0.6 is 0 Å². The van der Waals surface area contributed by atoms with E-state index in [0.717, 1.165) is 13.0 Å². The molecule has 2 rings (SSSR count). The van der Waals surface area contributed by atoms with Crippen LogP contribution in [0.1, 0.15) is 5.56 Å². The van der Waals surface area contributed by atoms with Crippen molar-refractivity contribution in [1.29, 1.82) is 0 Å². The summed E-state index contributed by atoms with van der Waals surface area (Å²) in [6, 6.07) is 13.5. The molecule has 0 N–H and O–H groups in total. The van der Waals surface area contributed by atoms with Crippen LogP contribution in [0.3, 0.4) is 0 Å². The molecule has 0 saturated carbocycles. The molecular formula is C15H15NO. The maximum atomic E-state index is 10.9. The Hall–Kier alpha value is -2.09. The van der Waals surface area contributed by atoms with E-state index in [-0.39, 0.29) is 5.43 Å². The van der Waals surface area contributed by atoms with Gasteiger partial charge in [-0.3, -0.25) is 4.79 Å². The smallest absolute Gasteiger partial charge is 0.181 e. The fourth-order valence-corrected chi connectivity index (χ4v) is 1.60. The van der Waals surface area contributed by atoms with Crippen LogP contribution in [0.15, 0.2) is 71.8 Å². The predicted octanol–water partition coefficient (Wildman–Crippen LogP) is 2.65. The van der Waals surface area contributed by atoms with E-state index in [9.17, 15) is 4.79 Å². The number of nitrogens with zero attached hydrogens (tertiary/aromatic N) is 1. The Bertz CT molecular complexity index is 520. The first-order valence-electron chi connectivity index (χ1n) is 5.69. The van der Waals surface area contributed by atoms with Gasteiger partial charge < -0.3 is 4.57 Å². The predicted molar refractivity (Wildman–Crippen MR) is 70.0 cm³/mol. The molecule has 0 saturated heterocycles. The van der Waals surface area contributed by atoms with Gasteiger partial charge in [-0.2, -0.15) is 0 Å². The van der Waals surface area contributed by atoms with E-state index in [1.54, 1.807) is 24.5 Å². The highest BCUT2D eigenvalue weighted by molar-refractivity contribution is 5.17. The lowest BCUT2D eigenvalue weighted by Gasteiger charge is -2.00. The van der Waals surface area contributed by atoms with Crippen LogP contribution in [0.5, 0.6) is 0 Å². The highest BCUT2D eigenvalue weighted by Gasteiger charge is 1.87. The topological polar surface area (TPSA) is 22.0 Å². The highest BCUT2D eigenvalue weighted by Crippen LogP contribution is 2.00. The van der Waals surface area contributed by atoms with E-state index in [4.69, 9.17) is 0 Å². The van der Waals surface area contributed by atoms with Crippen molar-refractivity contribution < 1.29 is 0 Å². The SMILES string of the molecule is O=c1ccn(C/C=C/Cc2ccccc2)cc1. The molecule has 0 aliphatic heterocycles. The van der Waals surface area contributed by atoms with E-state index in [1.807, 2.05) is 22.8 Å². The third kappa shape index (κ3) is 3.76. The first kappa shape index (κ1) is 11.4. The van der Waals surface area contributed by atoms with E-state index in [1.165, 1.54) is 5.56 Å². The molecule has 2 nitrogen and oxygen atoms in total. The lowest BCUT2D eigenvalue weighted by Crippen LogP contribution is -2.02. The standard InChI is InChI=1S/C15H15NO/c17-15-9-12-16(13-10-15)11-5-4-8-14-6-2-1-3-7-14/h1-7,9-10,12-13H,8,11H2/b5-4+. The summed E-state index contributed by atoms with van der Waals surface area (Å²) in [6.45, 7) is 0.799. The van der Waals surface area contributed by atoms with Crippen molar-refractivity contribution in [3.05, 3.63) is 82.8 Å². The molecule has 0 aliphatic carbocycles. The van der Waals surface area contributed by atoms with Crippen LogP contribution in [0.4, 0.5) is 0 Å². The molecule has 0 fully saturated rings. The molecule has 0 spiro atoms. The number of allylic oxidation sites excluding steroid dienone is 2. The lowest BCUT2D eigenvalue weighted by molar-refractivity contribution is 0.808. The quantitative estimate of drug-likeness (QED) is 0.733. The summed E-state index contributed by atoms with van der Waals surface area (Å²) in [7, 11) is 0. The Labute approximate surface area is 101 Å². The van der Waals surface area contributed by atoms with Gasteiger partial charge in [0.2, 0.25) is 0 Å². The molecule has 0 radical (unpaired) electrons. The van der Waals surface area contributed by atoms with Crippen LogP contribution in [0.25, 0.3) is 0 Å². The van der Waals surface area contributed by atoms with Gasteiger partial charge in [-0.1, -0.05) is 42.5 Å². The minimum atomic E-state index is 0.0505. The third-order valence-corrected chi connectivity index (χ3v) is 2.54. The zero-order chi connectivity index (χ0) is 11.9. The summed E-state index contributed by atoms with van der Waals surface area (Å²) in [5.74, 6) is 0. The van der Waals surface area contributed by atoms with E-state index < -0.39 is 0 Å².